The van der Waals surface area contributed by atoms with Gasteiger partial charge >= 0.3 is 0 Å². The van der Waals surface area contributed by atoms with Gasteiger partial charge in [0.25, 0.3) is 0 Å². The summed E-state index contributed by atoms with van der Waals surface area (Å²) in [5.41, 5.74) is 0.917. The molecular weight excluding hydrogens is 430 g/mol. The van der Waals surface area contributed by atoms with Crippen LogP contribution >= 0.6 is 0 Å². The molecular formula is C28H21NO5. The average Bonchev–Trinajstić information content (AvgIpc) is 3.41. The summed E-state index contributed by atoms with van der Waals surface area (Å²) in [6, 6.07) is 23.1. The molecule has 3 unspecified atom stereocenters. The molecule has 2 fully saturated rings. The van der Waals surface area contributed by atoms with E-state index in [4.69, 9.17) is 4.74 Å². The minimum absolute atomic E-state index is 0.0809. The lowest BCUT2D eigenvalue weighted by Crippen LogP contribution is -2.50. The number of aryl methyl sites for hydroxylation is 1. The first kappa shape index (κ1) is 20.7. The second-order valence-electron chi connectivity index (χ2n) is 9.14. The Labute approximate surface area is 196 Å². The number of fused-ring (bicyclic) bond motifs is 3. The van der Waals surface area contributed by atoms with Gasteiger partial charge in [-0.25, -0.2) is 0 Å². The largest absolute Gasteiger partial charge is 0.349 e. The lowest BCUT2D eigenvalue weighted by atomic mass is 9.77. The van der Waals surface area contributed by atoms with E-state index < -0.39 is 46.9 Å². The highest BCUT2D eigenvalue weighted by atomic mass is 16.5. The fourth-order valence-electron chi connectivity index (χ4n) is 5.56. The molecule has 2 heterocycles. The van der Waals surface area contributed by atoms with E-state index in [1.165, 1.54) is 4.90 Å². The number of nitrogens with zero attached hydrogens (tertiary/aromatic N) is 1. The fourth-order valence-corrected chi connectivity index (χ4v) is 5.56. The molecule has 34 heavy (non-hydrogen) atoms. The van der Waals surface area contributed by atoms with Crippen LogP contribution in [0.3, 0.4) is 0 Å². The number of benzene rings is 3. The standard InChI is InChI=1S/C28H21NO5/c1-16-11-13-18(14-12-16)23-21-22(27(33)29(26(21)32)15-17-7-3-2-4-8-17)28(34-23)24(30)19-9-5-6-10-20(19)25(28)31/h2-14,21-23H,15H2,1H3. The Bertz CT molecular complexity index is 1330. The van der Waals surface area contributed by atoms with Crippen LogP contribution in [0.5, 0.6) is 0 Å². The van der Waals surface area contributed by atoms with E-state index in [-0.39, 0.29) is 17.7 Å². The molecule has 0 saturated carbocycles. The van der Waals surface area contributed by atoms with E-state index in [1.54, 1.807) is 24.3 Å². The fraction of sp³-hybridized carbons (Fsp3) is 0.214. The summed E-state index contributed by atoms with van der Waals surface area (Å²) in [6.45, 7) is 2.02. The molecule has 1 aliphatic carbocycles. The van der Waals surface area contributed by atoms with Gasteiger partial charge in [-0.2, -0.15) is 0 Å². The van der Waals surface area contributed by atoms with E-state index >= 15 is 0 Å². The summed E-state index contributed by atoms with van der Waals surface area (Å²) in [4.78, 5) is 56.0. The zero-order chi connectivity index (χ0) is 23.6. The maximum absolute atomic E-state index is 13.8. The molecule has 3 aromatic carbocycles. The number of ether oxygens (including phenoxy) is 1. The maximum atomic E-state index is 13.8. The van der Waals surface area contributed by atoms with E-state index in [1.807, 2.05) is 61.5 Å². The molecule has 0 radical (unpaired) electrons. The number of imide groups is 1. The Morgan fingerprint density at radius 2 is 1.35 bits per heavy atom. The molecule has 0 aromatic heterocycles. The number of carbonyl (C=O) groups is 4. The second kappa shape index (κ2) is 7.30. The molecule has 3 atom stereocenters. The van der Waals surface area contributed by atoms with Crippen molar-refractivity contribution >= 4 is 23.4 Å². The Hall–Kier alpha value is -3.90. The van der Waals surface area contributed by atoms with Gasteiger partial charge in [-0.05, 0) is 18.1 Å². The van der Waals surface area contributed by atoms with Crippen molar-refractivity contribution in [2.75, 3.05) is 0 Å². The molecule has 6 heteroatoms. The van der Waals surface area contributed by atoms with E-state index in [9.17, 15) is 19.2 Å². The SMILES string of the molecule is Cc1ccc(C2OC3(C(=O)c4ccccc4C3=O)C3C(=O)N(Cc4ccccc4)C(=O)C23)cc1. The molecule has 1 spiro atoms. The van der Waals surface area contributed by atoms with Crippen LogP contribution in [-0.2, 0) is 20.9 Å². The predicted octanol–water partition coefficient (Wildman–Crippen LogP) is 3.69. The van der Waals surface area contributed by atoms with Gasteiger partial charge < -0.3 is 4.74 Å². The zero-order valence-electron chi connectivity index (χ0n) is 18.4. The molecule has 3 aromatic rings. The number of hydrogen-bond acceptors (Lipinski definition) is 5. The number of rotatable bonds is 3. The monoisotopic (exact) mass is 451 g/mol. The van der Waals surface area contributed by atoms with Crippen LogP contribution in [0.2, 0.25) is 0 Å². The molecule has 168 valence electrons. The molecule has 0 bridgehead atoms. The molecule has 6 rings (SSSR count). The highest BCUT2D eigenvalue weighted by Crippen LogP contribution is 2.57. The summed E-state index contributed by atoms with van der Waals surface area (Å²) < 4.78 is 6.28. The van der Waals surface area contributed by atoms with Gasteiger partial charge in [0, 0.05) is 11.1 Å². The molecule has 2 amide bonds. The Kier molecular flexibility index (Phi) is 4.44. The van der Waals surface area contributed by atoms with Crippen molar-refractivity contribution in [2.24, 2.45) is 11.8 Å². The highest BCUT2D eigenvalue weighted by Gasteiger charge is 2.74. The van der Waals surface area contributed by atoms with Crippen molar-refractivity contribution in [3.8, 4) is 0 Å². The van der Waals surface area contributed by atoms with Gasteiger partial charge in [-0.3, -0.25) is 24.1 Å². The van der Waals surface area contributed by atoms with Crippen molar-refractivity contribution in [2.45, 2.75) is 25.2 Å². The Balaban J connectivity index is 1.49. The van der Waals surface area contributed by atoms with Crippen LogP contribution in [0.4, 0.5) is 0 Å². The topological polar surface area (TPSA) is 80.8 Å². The van der Waals surface area contributed by atoms with E-state index in [0.29, 0.717) is 5.56 Å². The van der Waals surface area contributed by atoms with Crippen molar-refractivity contribution < 1.29 is 23.9 Å². The van der Waals surface area contributed by atoms with Crippen LogP contribution in [0.15, 0.2) is 78.9 Å². The van der Waals surface area contributed by atoms with Crippen molar-refractivity contribution in [3.05, 3.63) is 107 Å². The van der Waals surface area contributed by atoms with Gasteiger partial charge in [-0.15, -0.1) is 0 Å². The van der Waals surface area contributed by atoms with Crippen molar-refractivity contribution in [1.29, 1.82) is 0 Å². The lowest BCUT2D eigenvalue weighted by molar-refractivity contribution is -0.145. The number of likely N-dealkylation sites (tertiary alicyclic amines) is 1. The quantitative estimate of drug-likeness (QED) is 0.448. The summed E-state index contributed by atoms with van der Waals surface area (Å²) in [5.74, 6) is -4.20. The van der Waals surface area contributed by atoms with Crippen LogP contribution in [0.1, 0.15) is 43.5 Å². The first-order chi connectivity index (χ1) is 16.4. The van der Waals surface area contributed by atoms with Crippen LogP contribution in [-0.4, -0.2) is 33.9 Å². The molecule has 2 saturated heterocycles. The number of carbonyl (C=O) groups excluding carboxylic acids is 4. The second-order valence-corrected chi connectivity index (χ2v) is 9.14. The number of Topliss-reactive ketones (excluding diaryl/α,β-unsaturated/α-hetero) is 2. The third-order valence-corrected chi connectivity index (χ3v) is 7.20. The average molecular weight is 451 g/mol. The van der Waals surface area contributed by atoms with Crippen LogP contribution < -0.4 is 0 Å². The lowest BCUT2D eigenvalue weighted by Gasteiger charge is -2.27. The summed E-state index contributed by atoms with van der Waals surface area (Å²) in [6.07, 6.45) is -0.884. The van der Waals surface area contributed by atoms with Crippen LogP contribution in [0, 0.1) is 18.8 Å². The minimum atomic E-state index is -2.03. The number of amides is 2. The van der Waals surface area contributed by atoms with Gasteiger partial charge in [0.05, 0.1) is 24.5 Å². The van der Waals surface area contributed by atoms with Gasteiger partial charge in [0.2, 0.25) is 29.0 Å². The van der Waals surface area contributed by atoms with E-state index in [2.05, 4.69) is 0 Å². The first-order valence-electron chi connectivity index (χ1n) is 11.3. The molecule has 6 nitrogen and oxygen atoms in total. The smallest absolute Gasteiger partial charge is 0.237 e. The highest BCUT2D eigenvalue weighted by molar-refractivity contribution is 6.35. The third-order valence-electron chi connectivity index (χ3n) is 7.20. The Morgan fingerprint density at radius 3 is 1.97 bits per heavy atom. The number of ketones is 2. The number of hydrogen-bond donors (Lipinski definition) is 0. The molecule has 2 aliphatic heterocycles. The van der Waals surface area contributed by atoms with Gasteiger partial charge in [0.15, 0.2) is 0 Å². The zero-order valence-corrected chi connectivity index (χ0v) is 18.4. The summed E-state index contributed by atoms with van der Waals surface area (Å²) in [7, 11) is 0. The predicted molar refractivity (Wildman–Crippen MR) is 122 cm³/mol. The molecule has 3 aliphatic rings. The molecule has 0 N–H and O–H groups in total. The van der Waals surface area contributed by atoms with Gasteiger partial charge in [-0.1, -0.05) is 84.4 Å². The normalized spacial score (nSPS) is 24.7. The van der Waals surface area contributed by atoms with E-state index in [0.717, 1.165) is 11.1 Å². The Morgan fingerprint density at radius 1 is 0.765 bits per heavy atom. The third kappa shape index (κ3) is 2.66. The summed E-state index contributed by atoms with van der Waals surface area (Å²) >= 11 is 0. The minimum Gasteiger partial charge on any atom is -0.349 e. The van der Waals surface area contributed by atoms with Crippen molar-refractivity contribution in [3.63, 3.8) is 0 Å². The van der Waals surface area contributed by atoms with Crippen LogP contribution in [0.25, 0.3) is 0 Å². The van der Waals surface area contributed by atoms with Crippen molar-refractivity contribution in [1.82, 2.24) is 4.90 Å². The maximum Gasteiger partial charge on any atom is 0.237 e. The summed E-state index contributed by atoms with van der Waals surface area (Å²) in [5, 5.41) is 0. The van der Waals surface area contributed by atoms with Gasteiger partial charge in [0.1, 0.15) is 0 Å². The first-order valence-corrected chi connectivity index (χ1v) is 11.3.